The molecule has 18 heavy (non-hydrogen) atoms. The van der Waals surface area contributed by atoms with E-state index in [1.807, 2.05) is 0 Å². The van der Waals surface area contributed by atoms with E-state index in [9.17, 15) is 13.6 Å². The van der Waals surface area contributed by atoms with Crippen LogP contribution in [-0.4, -0.2) is 18.8 Å². The maximum absolute atomic E-state index is 13.3. The van der Waals surface area contributed by atoms with E-state index in [0.29, 0.717) is 24.2 Å². The zero-order valence-corrected chi connectivity index (χ0v) is 10.3. The molecule has 1 aromatic rings. The minimum absolute atomic E-state index is 0.0978. The quantitative estimate of drug-likeness (QED) is 0.769. The van der Waals surface area contributed by atoms with Crippen LogP contribution in [-0.2, 0) is 0 Å². The highest BCUT2D eigenvalue weighted by Crippen LogP contribution is 2.38. The fourth-order valence-electron chi connectivity index (χ4n) is 2.39. The maximum Gasteiger partial charge on any atom is 0.248 e. The molecule has 1 atom stereocenters. The van der Waals surface area contributed by atoms with Crippen molar-refractivity contribution in [1.29, 1.82) is 0 Å². The number of halogens is 2. The molecule has 1 aromatic carbocycles. The van der Waals surface area contributed by atoms with Crippen molar-refractivity contribution in [3.05, 3.63) is 29.8 Å². The first kappa shape index (κ1) is 13.0. The second-order valence-electron chi connectivity index (χ2n) is 4.74. The topological polar surface area (TPSA) is 26.3 Å². The fraction of sp³-hybridized carbons (Fsp3) is 0.500. The summed E-state index contributed by atoms with van der Waals surface area (Å²) in [5, 5.41) is 0. The highest BCUT2D eigenvalue weighted by atomic mass is 19.3. The normalized spacial score (nSPS) is 22.5. The maximum atomic E-state index is 13.3. The summed E-state index contributed by atoms with van der Waals surface area (Å²) in [6.07, 6.45) is 0.553. The summed E-state index contributed by atoms with van der Waals surface area (Å²) in [7, 11) is 1.54. The molecule has 1 aliphatic carbocycles. The largest absolute Gasteiger partial charge is 0.497 e. The number of ketones is 1. The molecular weight excluding hydrogens is 238 g/mol. The Balaban J connectivity index is 2.10. The first-order valence-electron chi connectivity index (χ1n) is 6.08. The van der Waals surface area contributed by atoms with Crippen molar-refractivity contribution in [3.8, 4) is 5.75 Å². The number of benzene rings is 1. The summed E-state index contributed by atoms with van der Waals surface area (Å²) in [5.74, 6) is -2.77. The van der Waals surface area contributed by atoms with Crippen LogP contribution >= 0.6 is 0 Å². The molecule has 0 aromatic heterocycles. The first-order chi connectivity index (χ1) is 8.52. The molecule has 0 spiro atoms. The number of carbonyl (C=O) groups excluding carboxylic acids is 1. The molecule has 98 valence electrons. The van der Waals surface area contributed by atoms with Crippen molar-refractivity contribution in [3.63, 3.8) is 0 Å². The number of ether oxygens (including phenoxy) is 1. The van der Waals surface area contributed by atoms with Crippen LogP contribution in [0.2, 0.25) is 0 Å². The Labute approximate surface area is 105 Å². The molecule has 0 bridgehead atoms. The Morgan fingerprint density at radius 1 is 1.33 bits per heavy atom. The number of carbonyl (C=O) groups is 1. The summed E-state index contributed by atoms with van der Waals surface area (Å²) in [5.41, 5.74) is 0.485. The van der Waals surface area contributed by atoms with Crippen molar-refractivity contribution in [2.24, 2.45) is 5.92 Å². The number of hydrogen-bond donors (Lipinski definition) is 0. The average Bonchev–Trinajstić information content (AvgIpc) is 2.37. The summed E-state index contributed by atoms with van der Waals surface area (Å²) >= 11 is 0. The molecule has 0 radical (unpaired) electrons. The van der Waals surface area contributed by atoms with Crippen LogP contribution in [0.25, 0.3) is 0 Å². The van der Waals surface area contributed by atoms with Gasteiger partial charge in [0, 0.05) is 24.3 Å². The lowest BCUT2D eigenvalue weighted by Gasteiger charge is -2.27. The number of methoxy groups -OCH3 is 1. The van der Waals surface area contributed by atoms with Gasteiger partial charge < -0.3 is 4.74 Å². The van der Waals surface area contributed by atoms with Gasteiger partial charge in [0.05, 0.1) is 7.11 Å². The summed E-state index contributed by atoms with van der Waals surface area (Å²) in [6.45, 7) is 0. The second kappa shape index (κ2) is 5.04. The van der Waals surface area contributed by atoms with E-state index in [2.05, 4.69) is 0 Å². The lowest BCUT2D eigenvalue weighted by molar-refractivity contribution is -0.0477. The Morgan fingerprint density at radius 3 is 2.56 bits per heavy atom. The Hall–Kier alpha value is -1.45. The number of hydrogen-bond acceptors (Lipinski definition) is 2. The van der Waals surface area contributed by atoms with Gasteiger partial charge in [-0.15, -0.1) is 0 Å². The van der Waals surface area contributed by atoms with Gasteiger partial charge in [-0.3, -0.25) is 4.79 Å². The van der Waals surface area contributed by atoms with E-state index in [1.54, 1.807) is 31.4 Å². The minimum Gasteiger partial charge on any atom is -0.497 e. The van der Waals surface area contributed by atoms with Crippen LogP contribution in [0.5, 0.6) is 5.75 Å². The highest BCUT2D eigenvalue weighted by Gasteiger charge is 2.39. The molecule has 0 aliphatic heterocycles. The van der Waals surface area contributed by atoms with Gasteiger partial charge in [0.2, 0.25) is 5.92 Å². The van der Waals surface area contributed by atoms with Crippen molar-refractivity contribution < 1.29 is 18.3 Å². The van der Waals surface area contributed by atoms with Gasteiger partial charge in [0.25, 0.3) is 0 Å². The number of Topliss-reactive ketones (excluding diaryl/α,β-unsaturated/α-hetero) is 1. The second-order valence-corrected chi connectivity index (χ2v) is 4.74. The SMILES string of the molecule is COc1ccc(C(=O)C2CCCC(F)(F)C2)cc1. The van der Waals surface area contributed by atoms with Crippen LogP contribution < -0.4 is 4.74 Å². The van der Waals surface area contributed by atoms with Gasteiger partial charge in [0.1, 0.15) is 5.75 Å². The van der Waals surface area contributed by atoms with E-state index < -0.39 is 11.8 Å². The van der Waals surface area contributed by atoms with E-state index in [4.69, 9.17) is 4.74 Å². The van der Waals surface area contributed by atoms with Crippen LogP contribution in [0.1, 0.15) is 36.0 Å². The molecule has 0 heterocycles. The lowest BCUT2D eigenvalue weighted by atomic mass is 9.82. The van der Waals surface area contributed by atoms with Gasteiger partial charge in [-0.25, -0.2) is 8.78 Å². The molecule has 2 rings (SSSR count). The van der Waals surface area contributed by atoms with Crippen molar-refractivity contribution in [2.75, 3.05) is 7.11 Å². The van der Waals surface area contributed by atoms with Gasteiger partial charge in [0.15, 0.2) is 5.78 Å². The minimum atomic E-state index is -2.69. The molecule has 0 N–H and O–H groups in total. The zero-order valence-electron chi connectivity index (χ0n) is 10.3. The zero-order chi connectivity index (χ0) is 13.2. The molecule has 4 heteroatoms. The Morgan fingerprint density at radius 2 is 2.00 bits per heavy atom. The third-order valence-electron chi connectivity index (χ3n) is 3.39. The van der Waals surface area contributed by atoms with Crippen LogP contribution in [0.3, 0.4) is 0 Å². The molecular formula is C14H16F2O2. The standard InChI is InChI=1S/C14H16F2O2/c1-18-12-6-4-10(5-7-12)13(17)11-3-2-8-14(15,16)9-11/h4-7,11H,2-3,8-9H2,1H3. The third kappa shape index (κ3) is 2.86. The highest BCUT2D eigenvalue weighted by molar-refractivity contribution is 5.98. The molecule has 1 fully saturated rings. The van der Waals surface area contributed by atoms with E-state index in [-0.39, 0.29) is 18.6 Å². The van der Waals surface area contributed by atoms with Crippen LogP contribution in [0, 0.1) is 5.92 Å². The van der Waals surface area contributed by atoms with E-state index in [0.717, 1.165) is 0 Å². The van der Waals surface area contributed by atoms with Crippen molar-refractivity contribution >= 4 is 5.78 Å². The van der Waals surface area contributed by atoms with Crippen LogP contribution in [0.15, 0.2) is 24.3 Å². The predicted octanol–water partition coefficient (Wildman–Crippen LogP) is 3.70. The predicted molar refractivity (Wildman–Crippen MR) is 64.2 cm³/mol. The van der Waals surface area contributed by atoms with Gasteiger partial charge in [-0.05, 0) is 37.1 Å². The third-order valence-corrected chi connectivity index (χ3v) is 3.39. The molecule has 0 amide bonds. The van der Waals surface area contributed by atoms with Crippen molar-refractivity contribution in [2.45, 2.75) is 31.6 Å². The van der Waals surface area contributed by atoms with Gasteiger partial charge in [-0.1, -0.05) is 0 Å². The average molecular weight is 254 g/mol. The number of alkyl halides is 2. The summed E-state index contributed by atoms with van der Waals surface area (Å²) < 4.78 is 31.6. The van der Waals surface area contributed by atoms with Crippen LogP contribution in [0.4, 0.5) is 8.78 Å². The molecule has 2 nitrogen and oxygen atoms in total. The molecule has 1 unspecified atom stereocenters. The molecule has 1 aliphatic rings. The van der Waals surface area contributed by atoms with E-state index >= 15 is 0 Å². The monoisotopic (exact) mass is 254 g/mol. The first-order valence-corrected chi connectivity index (χ1v) is 6.08. The lowest BCUT2D eigenvalue weighted by Crippen LogP contribution is -2.30. The smallest absolute Gasteiger partial charge is 0.248 e. The summed E-state index contributed by atoms with van der Waals surface area (Å²) in [6, 6.07) is 6.62. The fourth-order valence-corrected chi connectivity index (χ4v) is 2.39. The van der Waals surface area contributed by atoms with E-state index in [1.165, 1.54) is 0 Å². The van der Waals surface area contributed by atoms with Gasteiger partial charge >= 0.3 is 0 Å². The summed E-state index contributed by atoms with van der Waals surface area (Å²) in [4.78, 5) is 12.1. The Bertz CT molecular complexity index is 426. The Kier molecular flexibility index (Phi) is 3.64. The van der Waals surface area contributed by atoms with Gasteiger partial charge in [-0.2, -0.15) is 0 Å². The number of rotatable bonds is 3. The van der Waals surface area contributed by atoms with Crippen molar-refractivity contribution in [1.82, 2.24) is 0 Å². The molecule has 1 saturated carbocycles. The molecule has 0 saturated heterocycles.